The fourth-order valence-corrected chi connectivity index (χ4v) is 1.84. The van der Waals surface area contributed by atoms with Gasteiger partial charge in [-0.1, -0.05) is 17.3 Å². The normalized spacial score (nSPS) is 16.7. The molecule has 0 saturated carbocycles. The van der Waals surface area contributed by atoms with Gasteiger partial charge in [-0.15, -0.1) is 0 Å². The molecule has 0 bridgehead atoms. The van der Waals surface area contributed by atoms with Gasteiger partial charge >= 0.3 is 0 Å². The third-order valence-electron chi connectivity index (χ3n) is 2.79. The molecule has 1 aromatic rings. The van der Waals surface area contributed by atoms with E-state index in [2.05, 4.69) is 5.16 Å². The minimum atomic E-state index is -0.453. The van der Waals surface area contributed by atoms with E-state index in [4.69, 9.17) is 14.7 Å². The second-order valence-electron chi connectivity index (χ2n) is 4.14. The maximum absolute atomic E-state index is 10.5. The second kappa shape index (κ2) is 6.26. The van der Waals surface area contributed by atoms with Gasteiger partial charge in [-0.3, -0.25) is 10.1 Å². The first kappa shape index (κ1) is 13.4. The minimum Gasteiger partial charge on any atom is -0.411 e. The first-order valence-electron chi connectivity index (χ1n) is 5.85. The topological polar surface area (TPSA) is 94.2 Å². The van der Waals surface area contributed by atoms with Crippen LogP contribution >= 0.6 is 0 Å². The highest BCUT2D eigenvalue weighted by Gasteiger charge is 2.19. The predicted molar refractivity (Wildman–Crippen MR) is 66.3 cm³/mol. The van der Waals surface area contributed by atoms with Crippen molar-refractivity contribution in [1.29, 1.82) is 0 Å². The molecule has 0 unspecified atom stereocenters. The van der Waals surface area contributed by atoms with Crippen molar-refractivity contribution in [3.05, 3.63) is 39.9 Å². The fraction of sp³-hybridized carbons (Fsp3) is 0.417. The van der Waals surface area contributed by atoms with Crippen molar-refractivity contribution in [2.45, 2.75) is 19.1 Å². The van der Waals surface area contributed by atoms with E-state index in [1.807, 2.05) is 0 Å². The lowest BCUT2D eigenvalue weighted by Gasteiger charge is -2.10. The number of benzene rings is 1. The van der Waals surface area contributed by atoms with E-state index in [1.165, 1.54) is 12.1 Å². The largest absolute Gasteiger partial charge is 0.411 e. The van der Waals surface area contributed by atoms with Crippen LogP contribution in [0.15, 0.2) is 29.4 Å². The molecular formula is C12H14N2O5. The number of oxime groups is 1. The number of nitro benzene ring substituents is 1. The molecule has 0 spiro atoms. The molecule has 0 aliphatic carbocycles. The van der Waals surface area contributed by atoms with Gasteiger partial charge in [0.2, 0.25) is 0 Å². The molecule has 1 aliphatic rings. The average Bonchev–Trinajstić information content (AvgIpc) is 2.91. The van der Waals surface area contributed by atoms with Crippen LogP contribution in [0.5, 0.6) is 0 Å². The summed E-state index contributed by atoms with van der Waals surface area (Å²) in [4.78, 5) is 10.1. The molecule has 7 heteroatoms. The number of rotatable bonds is 5. The number of nitrogens with zero attached hydrogens (tertiary/aromatic N) is 2. The molecule has 19 heavy (non-hydrogen) atoms. The van der Waals surface area contributed by atoms with E-state index in [0.717, 1.165) is 5.56 Å². The SMILES string of the molecule is O=[N+]([O-])c1ccc(C/C(CC2OCCO2)=N\O)cc1. The highest BCUT2D eigenvalue weighted by Crippen LogP contribution is 2.15. The van der Waals surface area contributed by atoms with Crippen molar-refractivity contribution in [1.82, 2.24) is 0 Å². The summed E-state index contributed by atoms with van der Waals surface area (Å²) < 4.78 is 10.5. The number of hydrogen-bond donors (Lipinski definition) is 1. The first-order valence-corrected chi connectivity index (χ1v) is 5.85. The van der Waals surface area contributed by atoms with Gasteiger partial charge in [0.1, 0.15) is 0 Å². The predicted octanol–water partition coefficient (Wildman–Crippen LogP) is 1.73. The summed E-state index contributed by atoms with van der Waals surface area (Å²) >= 11 is 0. The molecule has 1 fully saturated rings. The molecule has 1 heterocycles. The van der Waals surface area contributed by atoms with Gasteiger partial charge in [-0.25, -0.2) is 0 Å². The molecule has 0 radical (unpaired) electrons. The van der Waals surface area contributed by atoms with Crippen LogP contribution in [0.1, 0.15) is 12.0 Å². The van der Waals surface area contributed by atoms with E-state index < -0.39 is 4.92 Å². The molecule has 102 valence electrons. The van der Waals surface area contributed by atoms with Crippen molar-refractivity contribution in [2.24, 2.45) is 5.16 Å². The molecule has 7 nitrogen and oxygen atoms in total. The highest BCUT2D eigenvalue weighted by atomic mass is 16.7. The Hall–Kier alpha value is -1.99. The quantitative estimate of drug-likeness (QED) is 0.379. The van der Waals surface area contributed by atoms with Crippen LogP contribution in [0.25, 0.3) is 0 Å². The van der Waals surface area contributed by atoms with E-state index in [9.17, 15) is 10.1 Å². The Bertz CT molecular complexity index is 466. The molecule has 1 aromatic carbocycles. The Morgan fingerprint density at radius 1 is 1.37 bits per heavy atom. The molecule has 1 saturated heterocycles. The molecule has 2 rings (SSSR count). The zero-order valence-electron chi connectivity index (χ0n) is 10.2. The van der Waals surface area contributed by atoms with Gasteiger partial charge in [-0.05, 0) is 5.56 Å². The smallest absolute Gasteiger partial charge is 0.269 e. The third-order valence-corrected chi connectivity index (χ3v) is 2.79. The zero-order valence-corrected chi connectivity index (χ0v) is 10.2. The van der Waals surface area contributed by atoms with Gasteiger partial charge in [0.15, 0.2) is 6.29 Å². The standard InChI is InChI=1S/C12H14N2O5/c15-13-10(8-12-18-5-6-19-12)7-9-1-3-11(4-2-9)14(16)17/h1-4,12,15H,5-8H2/b13-10+. The maximum atomic E-state index is 10.5. The Kier molecular flexibility index (Phi) is 4.43. The number of hydrogen-bond acceptors (Lipinski definition) is 6. The summed E-state index contributed by atoms with van der Waals surface area (Å²) in [5.74, 6) is 0. The van der Waals surface area contributed by atoms with E-state index in [1.54, 1.807) is 12.1 Å². The van der Waals surface area contributed by atoms with Crippen LogP contribution < -0.4 is 0 Å². The zero-order chi connectivity index (χ0) is 13.7. The van der Waals surface area contributed by atoms with E-state index >= 15 is 0 Å². The molecule has 1 N–H and O–H groups in total. The van der Waals surface area contributed by atoms with Crippen LogP contribution in [0, 0.1) is 10.1 Å². The van der Waals surface area contributed by atoms with Crippen molar-refractivity contribution < 1.29 is 19.6 Å². The van der Waals surface area contributed by atoms with E-state index in [0.29, 0.717) is 31.8 Å². The first-order chi connectivity index (χ1) is 9.19. The fourth-order valence-electron chi connectivity index (χ4n) is 1.84. The Morgan fingerprint density at radius 2 is 2.00 bits per heavy atom. The van der Waals surface area contributed by atoms with Crippen molar-refractivity contribution in [2.75, 3.05) is 13.2 Å². The van der Waals surface area contributed by atoms with Crippen LogP contribution in [0.2, 0.25) is 0 Å². The van der Waals surface area contributed by atoms with Crippen molar-refractivity contribution >= 4 is 11.4 Å². The van der Waals surface area contributed by atoms with Crippen LogP contribution in [-0.4, -0.2) is 35.3 Å². The lowest BCUT2D eigenvalue weighted by Crippen LogP contribution is -2.16. The van der Waals surface area contributed by atoms with E-state index in [-0.39, 0.29) is 12.0 Å². The Balaban J connectivity index is 1.95. The average molecular weight is 266 g/mol. The van der Waals surface area contributed by atoms with Gasteiger partial charge in [0.25, 0.3) is 5.69 Å². The highest BCUT2D eigenvalue weighted by molar-refractivity contribution is 5.86. The lowest BCUT2D eigenvalue weighted by atomic mass is 10.1. The summed E-state index contributed by atoms with van der Waals surface area (Å²) in [5.41, 5.74) is 1.38. The Morgan fingerprint density at radius 3 is 2.53 bits per heavy atom. The summed E-state index contributed by atoms with van der Waals surface area (Å²) in [5, 5.41) is 22.7. The van der Waals surface area contributed by atoms with Crippen molar-refractivity contribution in [3.63, 3.8) is 0 Å². The summed E-state index contributed by atoms with van der Waals surface area (Å²) in [6.07, 6.45) is 0.412. The second-order valence-corrected chi connectivity index (χ2v) is 4.14. The lowest BCUT2D eigenvalue weighted by molar-refractivity contribution is -0.384. The minimum absolute atomic E-state index is 0.0358. The number of nitro groups is 1. The molecular weight excluding hydrogens is 252 g/mol. The molecule has 1 aliphatic heterocycles. The molecule has 0 aromatic heterocycles. The molecule has 0 amide bonds. The molecule has 0 atom stereocenters. The van der Waals surface area contributed by atoms with Gasteiger partial charge in [0.05, 0.1) is 23.8 Å². The number of ether oxygens (including phenoxy) is 2. The summed E-state index contributed by atoms with van der Waals surface area (Å²) in [6, 6.07) is 6.12. The van der Waals surface area contributed by atoms with Gasteiger partial charge in [-0.2, -0.15) is 0 Å². The number of non-ortho nitro benzene ring substituents is 1. The van der Waals surface area contributed by atoms with Crippen molar-refractivity contribution in [3.8, 4) is 0 Å². The van der Waals surface area contributed by atoms with Crippen LogP contribution in [-0.2, 0) is 15.9 Å². The third kappa shape index (κ3) is 3.73. The summed E-state index contributed by atoms with van der Waals surface area (Å²) in [7, 11) is 0. The Labute approximate surface area is 109 Å². The van der Waals surface area contributed by atoms with Gasteiger partial charge < -0.3 is 14.7 Å². The maximum Gasteiger partial charge on any atom is 0.269 e. The summed E-state index contributed by atoms with van der Waals surface area (Å²) in [6.45, 7) is 1.09. The monoisotopic (exact) mass is 266 g/mol. The van der Waals surface area contributed by atoms with Crippen LogP contribution in [0.3, 0.4) is 0 Å². The van der Waals surface area contributed by atoms with Gasteiger partial charge in [0, 0.05) is 25.0 Å². The van der Waals surface area contributed by atoms with Crippen LogP contribution in [0.4, 0.5) is 5.69 Å².